The smallest absolute Gasteiger partial charge is 0.118 e. The summed E-state index contributed by atoms with van der Waals surface area (Å²) in [4.78, 5) is 7.68. The molecular formula is C33H43N3O. The molecular weight excluding hydrogens is 454 g/mol. The number of piperazine rings is 1. The minimum atomic E-state index is 0.318. The quantitative estimate of drug-likeness (QED) is 0.277. The number of nitrogens with zero attached hydrogens (tertiary/aromatic N) is 3. The van der Waals surface area contributed by atoms with Gasteiger partial charge in [-0.15, -0.1) is 0 Å². The summed E-state index contributed by atoms with van der Waals surface area (Å²) in [7, 11) is 3.95. The van der Waals surface area contributed by atoms with Crippen LogP contribution in [-0.2, 0) is 0 Å². The fourth-order valence-corrected chi connectivity index (χ4v) is 5.10. The predicted octanol–water partition coefficient (Wildman–Crippen LogP) is 6.22. The molecule has 4 nitrogen and oxygen atoms in total. The summed E-state index contributed by atoms with van der Waals surface area (Å²) in [6.07, 6.45) is 4.86. The Hall–Kier alpha value is -2.92. The van der Waals surface area contributed by atoms with E-state index in [2.05, 4.69) is 120 Å². The average Bonchev–Trinajstić information content (AvgIpc) is 2.96. The van der Waals surface area contributed by atoms with E-state index >= 15 is 0 Å². The first kappa shape index (κ1) is 27.1. The van der Waals surface area contributed by atoms with E-state index in [1.807, 2.05) is 0 Å². The van der Waals surface area contributed by atoms with Gasteiger partial charge in [-0.2, -0.15) is 0 Å². The fraction of sp³-hybridized carbons (Fsp3) is 0.394. The second kappa shape index (κ2) is 14.1. The maximum atomic E-state index is 5.40. The molecule has 196 valence electrons. The van der Waals surface area contributed by atoms with Crippen LogP contribution in [0.3, 0.4) is 0 Å². The van der Waals surface area contributed by atoms with Crippen molar-refractivity contribution in [2.24, 2.45) is 0 Å². The van der Waals surface area contributed by atoms with Gasteiger partial charge in [-0.1, -0.05) is 78.9 Å². The van der Waals surface area contributed by atoms with Gasteiger partial charge in [0.05, 0.1) is 7.11 Å². The molecule has 1 fully saturated rings. The van der Waals surface area contributed by atoms with Gasteiger partial charge in [-0.25, -0.2) is 0 Å². The van der Waals surface area contributed by atoms with Crippen LogP contribution in [0.25, 0.3) is 5.57 Å². The molecule has 0 amide bonds. The molecule has 1 saturated heterocycles. The van der Waals surface area contributed by atoms with E-state index in [9.17, 15) is 0 Å². The highest BCUT2D eigenvalue weighted by atomic mass is 16.5. The molecule has 0 saturated carbocycles. The molecule has 0 aliphatic carbocycles. The Morgan fingerprint density at radius 2 is 1.43 bits per heavy atom. The van der Waals surface area contributed by atoms with Crippen molar-refractivity contribution in [3.05, 3.63) is 108 Å². The highest BCUT2D eigenvalue weighted by Crippen LogP contribution is 2.26. The molecule has 1 aliphatic heterocycles. The second-order valence-corrected chi connectivity index (χ2v) is 10.1. The number of ether oxygens (including phenoxy) is 1. The van der Waals surface area contributed by atoms with Crippen LogP contribution in [0.1, 0.15) is 42.5 Å². The Morgan fingerprint density at radius 1 is 0.838 bits per heavy atom. The first-order valence-corrected chi connectivity index (χ1v) is 13.7. The van der Waals surface area contributed by atoms with Gasteiger partial charge in [0, 0.05) is 38.8 Å². The topological polar surface area (TPSA) is 19.0 Å². The zero-order chi connectivity index (χ0) is 25.9. The van der Waals surface area contributed by atoms with Gasteiger partial charge in [-0.05, 0) is 74.3 Å². The van der Waals surface area contributed by atoms with Gasteiger partial charge in [-0.3, -0.25) is 4.90 Å². The first-order valence-electron chi connectivity index (χ1n) is 13.7. The van der Waals surface area contributed by atoms with E-state index in [1.165, 1.54) is 67.8 Å². The molecule has 1 atom stereocenters. The van der Waals surface area contributed by atoms with E-state index in [-0.39, 0.29) is 0 Å². The van der Waals surface area contributed by atoms with Gasteiger partial charge in [0.15, 0.2) is 0 Å². The van der Waals surface area contributed by atoms with Crippen LogP contribution < -0.4 is 4.74 Å². The van der Waals surface area contributed by atoms with Crippen LogP contribution in [0.4, 0.5) is 0 Å². The van der Waals surface area contributed by atoms with Crippen molar-refractivity contribution < 1.29 is 4.74 Å². The molecule has 1 aliphatic rings. The lowest BCUT2D eigenvalue weighted by atomic mass is 9.97. The van der Waals surface area contributed by atoms with Crippen molar-refractivity contribution in [1.82, 2.24) is 14.7 Å². The Labute approximate surface area is 224 Å². The molecule has 0 aromatic heterocycles. The summed E-state index contributed by atoms with van der Waals surface area (Å²) in [5.41, 5.74) is 5.15. The summed E-state index contributed by atoms with van der Waals surface area (Å²) in [6, 6.07) is 30.4. The van der Waals surface area contributed by atoms with Gasteiger partial charge in [0.25, 0.3) is 0 Å². The lowest BCUT2D eigenvalue weighted by molar-refractivity contribution is 0.148. The van der Waals surface area contributed by atoms with Gasteiger partial charge >= 0.3 is 0 Å². The van der Waals surface area contributed by atoms with Crippen LogP contribution in [0, 0.1) is 0 Å². The average molecular weight is 498 g/mol. The van der Waals surface area contributed by atoms with Crippen LogP contribution in [0.15, 0.2) is 91.0 Å². The molecule has 4 rings (SSSR count). The fourth-order valence-electron chi connectivity index (χ4n) is 5.10. The van der Waals surface area contributed by atoms with Crippen LogP contribution >= 0.6 is 0 Å². The zero-order valence-corrected chi connectivity index (χ0v) is 22.9. The van der Waals surface area contributed by atoms with E-state index in [1.54, 1.807) is 7.11 Å². The molecule has 0 bridgehead atoms. The zero-order valence-electron chi connectivity index (χ0n) is 22.9. The molecule has 4 heteroatoms. The number of benzene rings is 3. The highest BCUT2D eigenvalue weighted by molar-refractivity contribution is 5.79. The van der Waals surface area contributed by atoms with Crippen molar-refractivity contribution in [2.45, 2.75) is 25.8 Å². The summed E-state index contributed by atoms with van der Waals surface area (Å²) < 4.78 is 5.40. The lowest BCUT2D eigenvalue weighted by Crippen LogP contribution is -2.44. The SMILES string of the molecule is COc1ccc([C@@H](C)N(CC=C(c2ccccc2)c2ccccc2)CCCCN2CCN(C)CC2)cc1. The van der Waals surface area contributed by atoms with Gasteiger partial charge in [0.1, 0.15) is 5.75 Å². The van der Waals surface area contributed by atoms with E-state index < -0.39 is 0 Å². The number of unbranched alkanes of at least 4 members (excludes halogenated alkanes) is 1. The molecule has 3 aromatic rings. The van der Waals surface area contributed by atoms with E-state index in [0.717, 1.165) is 18.8 Å². The molecule has 0 N–H and O–H groups in total. The van der Waals surface area contributed by atoms with Crippen molar-refractivity contribution >= 4 is 5.57 Å². The Morgan fingerprint density at radius 3 is 2.00 bits per heavy atom. The first-order chi connectivity index (χ1) is 18.1. The third kappa shape index (κ3) is 8.03. The Bertz CT molecular complexity index is 1030. The van der Waals surface area contributed by atoms with Crippen LogP contribution in [0.2, 0.25) is 0 Å². The summed E-state index contributed by atoms with van der Waals surface area (Å²) >= 11 is 0. The number of methoxy groups -OCH3 is 1. The minimum absolute atomic E-state index is 0.318. The minimum Gasteiger partial charge on any atom is -0.497 e. The van der Waals surface area contributed by atoms with Crippen molar-refractivity contribution in [2.75, 3.05) is 60.0 Å². The predicted molar refractivity (Wildman–Crippen MR) is 156 cm³/mol. The monoisotopic (exact) mass is 497 g/mol. The third-order valence-electron chi connectivity index (χ3n) is 7.61. The van der Waals surface area contributed by atoms with Crippen LogP contribution in [-0.4, -0.2) is 74.7 Å². The number of hydrogen-bond donors (Lipinski definition) is 0. The molecule has 0 unspecified atom stereocenters. The number of hydrogen-bond acceptors (Lipinski definition) is 4. The van der Waals surface area contributed by atoms with E-state index in [0.29, 0.717) is 6.04 Å². The van der Waals surface area contributed by atoms with E-state index in [4.69, 9.17) is 4.74 Å². The normalized spacial score (nSPS) is 15.5. The van der Waals surface area contributed by atoms with Crippen molar-refractivity contribution in [3.63, 3.8) is 0 Å². The highest BCUT2D eigenvalue weighted by Gasteiger charge is 2.17. The Balaban J connectivity index is 1.49. The summed E-state index contributed by atoms with van der Waals surface area (Å²) in [5, 5.41) is 0. The maximum absolute atomic E-state index is 5.40. The molecule has 1 heterocycles. The Kier molecular flexibility index (Phi) is 10.4. The largest absolute Gasteiger partial charge is 0.497 e. The van der Waals surface area contributed by atoms with Crippen LogP contribution in [0.5, 0.6) is 5.75 Å². The number of likely N-dealkylation sites (N-methyl/N-ethyl adjacent to an activating group) is 1. The molecule has 37 heavy (non-hydrogen) atoms. The van der Waals surface area contributed by atoms with Gasteiger partial charge < -0.3 is 14.5 Å². The van der Waals surface area contributed by atoms with Crippen molar-refractivity contribution in [3.8, 4) is 5.75 Å². The second-order valence-electron chi connectivity index (χ2n) is 10.1. The lowest BCUT2D eigenvalue weighted by Gasteiger charge is -2.33. The maximum Gasteiger partial charge on any atom is 0.118 e. The number of rotatable bonds is 12. The third-order valence-corrected chi connectivity index (χ3v) is 7.61. The van der Waals surface area contributed by atoms with Crippen molar-refractivity contribution in [1.29, 1.82) is 0 Å². The molecule has 0 spiro atoms. The summed E-state index contributed by atoms with van der Waals surface area (Å²) in [5.74, 6) is 0.907. The molecule has 3 aromatic carbocycles. The summed E-state index contributed by atoms with van der Waals surface area (Å²) in [6.45, 7) is 10.3. The standard InChI is InChI=1S/C33H43N3O/c1-28(29-16-18-32(37-3)19-17-29)36(22-11-10-21-35-26-24-34(2)25-27-35)23-20-33(30-12-6-4-7-13-30)31-14-8-5-9-15-31/h4-9,12-20,28H,10-11,21-27H2,1-3H3/t28-/m1/s1. The molecule has 0 radical (unpaired) electrons. The van der Waals surface area contributed by atoms with Gasteiger partial charge in [0.2, 0.25) is 0 Å².